The predicted octanol–water partition coefficient (Wildman–Crippen LogP) is 2.98. The van der Waals surface area contributed by atoms with E-state index >= 15 is 0 Å². The van der Waals surface area contributed by atoms with Crippen LogP contribution in [-0.4, -0.2) is 10.9 Å². The van der Waals surface area contributed by atoms with Gasteiger partial charge >= 0.3 is 0 Å². The van der Waals surface area contributed by atoms with E-state index in [1.54, 1.807) is 0 Å². The summed E-state index contributed by atoms with van der Waals surface area (Å²) in [6.07, 6.45) is 7.48. The molecule has 0 aromatic carbocycles. The third-order valence-electron chi connectivity index (χ3n) is 2.61. The lowest BCUT2D eigenvalue weighted by atomic mass is 9.87. The minimum Gasteiger partial charge on any atom is -0.279 e. The average Bonchev–Trinajstić information content (AvgIpc) is 2.05. The molecule has 2 rings (SSSR count). The van der Waals surface area contributed by atoms with Gasteiger partial charge < -0.3 is 0 Å². The molecule has 1 nitrogen and oxygen atoms in total. The van der Waals surface area contributed by atoms with Gasteiger partial charge in [-0.2, -0.15) is 0 Å². The molecular weight excluding hydrogens is 182 g/mol. The second-order valence-electron chi connectivity index (χ2n) is 4.48. The Morgan fingerprint density at radius 3 is 3.00 bits per heavy atom. The Morgan fingerprint density at radius 2 is 2.23 bits per heavy atom. The number of allylic oxidation sites excluding steroid dienone is 2. The van der Waals surface area contributed by atoms with E-state index in [0.717, 1.165) is 19.3 Å². The molecule has 0 fully saturated rings. The molecule has 0 spiro atoms. The number of rotatable bonds is 0. The van der Waals surface area contributed by atoms with E-state index < -0.39 is 0 Å². The largest absolute Gasteiger partial charge is 0.279 e. The fraction of sp³-hybridized carbons (Fsp3) is 0.636. The van der Waals surface area contributed by atoms with E-state index in [-0.39, 0.29) is 10.9 Å². The zero-order chi connectivity index (χ0) is 9.47. The van der Waals surface area contributed by atoms with E-state index in [2.05, 4.69) is 26.0 Å². The van der Waals surface area contributed by atoms with Gasteiger partial charge in [0, 0.05) is 5.38 Å². The monoisotopic (exact) mass is 196 g/mol. The minimum atomic E-state index is 0.0917. The van der Waals surface area contributed by atoms with Crippen LogP contribution < -0.4 is 5.32 Å². The van der Waals surface area contributed by atoms with Gasteiger partial charge in [0.05, 0.1) is 11.2 Å². The van der Waals surface area contributed by atoms with E-state index in [1.807, 2.05) is 0 Å². The van der Waals surface area contributed by atoms with Crippen LogP contribution in [0.5, 0.6) is 0 Å². The first-order valence-corrected chi connectivity index (χ1v) is 5.27. The summed E-state index contributed by atoms with van der Waals surface area (Å²) >= 11 is 6.08. The van der Waals surface area contributed by atoms with Crippen LogP contribution in [-0.2, 0) is 0 Å². The van der Waals surface area contributed by atoms with Crippen LogP contribution in [0.4, 0.5) is 0 Å². The molecule has 1 aliphatic carbocycles. The molecule has 0 N–H and O–H groups in total. The number of halogens is 1. The topological polar surface area (TPSA) is 14.1 Å². The Bertz CT molecular complexity index is 276. The molecule has 0 saturated carbocycles. The summed E-state index contributed by atoms with van der Waals surface area (Å²) in [6, 6.07) is 0. The van der Waals surface area contributed by atoms with Crippen LogP contribution >= 0.6 is 11.6 Å². The average molecular weight is 197 g/mol. The standard InChI is InChI=1S/C11H15ClN/c1-11(2)6-5-8-7-9(12)3-4-10(8)13-11/h4-5,9H,3,6-7H2,1-2H3. The molecule has 2 heteroatoms. The fourth-order valence-electron chi connectivity index (χ4n) is 1.85. The molecule has 1 radical (unpaired) electrons. The highest BCUT2D eigenvalue weighted by Crippen LogP contribution is 2.33. The van der Waals surface area contributed by atoms with E-state index in [0.29, 0.717) is 0 Å². The smallest absolute Gasteiger partial charge is 0.0593 e. The van der Waals surface area contributed by atoms with Crippen LogP contribution in [0, 0.1) is 0 Å². The first-order valence-electron chi connectivity index (χ1n) is 4.83. The van der Waals surface area contributed by atoms with Crippen molar-refractivity contribution in [1.29, 1.82) is 0 Å². The molecule has 1 unspecified atom stereocenters. The lowest BCUT2D eigenvalue weighted by molar-refractivity contribution is 0.407. The number of hydrogen-bond donors (Lipinski definition) is 0. The van der Waals surface area contributed by atoms with Crippen molar-refractivity contribution >= 4 is 11.6 Å². The number of nitrogens with zero attached hydrogens (tertiary/aromatic N) is 1. The summed E-state index contributed by atoms with van der Waals surface area (Å²) < 4.78 is 0. The van der Waals surface area contributed by atoms with E-state index in [4.69, 9.17) is 16.9 Å². The number of fused-ring (bicyclic) bond motifs is 1. The molecular formula is C11H15ClN. The third-order valence-corrected chi connectivity index (χ3v) is 2.94. The number of hydrogen-bond acceptors (Lipinski definition) is 0. The maximum Gasteiger partial charge on any atom is 0.0593 e. The molecule has 2 aliphatic rings. The second-order valence-corrected chi connectivity index (χ2v) is 5.10. The fourth-order valence-corrected chi connectivity index (χ4v) is 2.10. The van der Waals surface area contributed by atoms with Crippen molar-refractivity contribution in [3.63, 3.8) is 0 Å². The quantitative estimate of drug-likeness (QED) is 0.529. The summed E-state index contributed by atoms with van der Waals surface area (Å²) in [4.78, 5) is 0. The molecule has 0 bridgehead atoms. The Morgan fingerprint density at radius 1 is 1.46 bits per heavy atom. The molecule has 0 aromatic rings. The molecule has 71 valence electrons. The maximum atomic E-state index is 6.08. The molecule has 0 saturated heterocycles. The highest BCUT2D eigenvalue weighted by atomic mass is 35.5. The second kappa shape index (κ2) is 3.06. The third kappa shape index (κ3) is 1.91. The number of alkyl halides is 1. The van der Waals surface area contributed by atoms with Gasteiger partial charge in [0.15, 0.2) is 0 Å². The molecule has 13 heavy (non-hydrogen) atoms. The van der Waals surface area contributed by atoms with Crippen molar-refractivity contribution in [1.82, 2.24) is 5.32 Å². The van der Waals surface area contributed by atoms with Gasteiger partial charge in [0.1, 0.15) is 0 Å². The molecule has 1 aliphatic heterocycles. The van der Waals surface area contributed by atoms with Gasteiger partial charge in [0.2, 0.25) is 0 Å². The van der Waals surface area contributed by atoms with Crippen molar-refractivity contribution in [3.05, 3.63) is 23.4 Å². The molecule has 1 atom stereocenters. The van der Waals surface area contributed by atoms with Crippen molar-refractivity contribution in [2.75, 3.05) is 0 Å². The first kappa shape index (κ1) is 9.14. The molecule has 0 aromatic heterocycles. The van der Waals surface area contributed by atoms with Crippen molar-refractivity contribution in [2.24, 2.45) is 0 Å². The van der Waals surface area contributed by atoms with Crippen molar-refractivity contribution in [3.8, 4) is 0 Å². The van der Waals surface area contributed by atoms with Crippen LogP contribution in [0.3, 0.4) is 0 Å². The van der Waals surface area contributed by atoms with Gasteiger partial charge in [-0.25, -0.2) is 0 Å². The van der Waals surface area contributed by atoms with E-state index in [9.17, 15) is 0 Å². The van der Waals surface area contributed by atoms with Crippen molar-refractivity contribution in [2.45, 2.75) is 44.0 Å². The highest BCUT2D eigenvalue weighted by molar-refractivity contribution is 6.21. The Kier molecular flexibility index (Phi) is 2.15. The van der Waals surface area contributed by atoms with Gasteiger partial charge in [-0.05, 0) is 38.7 Å². The first-order chi connectivity index (χ1) is 6.07. The summed E-state index contributed by atoms with van der Waals surface area (Å²) in [7, 11) is 0. The zero-order valence-corrected chi connectivity index (χ0v) is 8.93. The van der Waals surface area contributed by atoms with Gasteiger partial charge in [-0.15, -0.1) is 11.6 Å². The lowest BCUT2D eigenvalue weighted by Crippen LogP contribution is -2.36. The van der Waals surface area contributed by atoms with Gasteiger partial charge in [0.25, 0.3) is 0 Å². The van der Waals surface area contributed by atoms with E-state index in [1.165, 1.54) is 11.3 Å². The Hall–Kier alpha value is -0.430. The Labute approximate surface area is 84.9 Å². The van der Waals surface area contributed by atoms with Crippen LogP contribution in [0.2, 0.25) is 0 Å². The predicted molar refractivity (Wildman–Crippen MR) is 55.9 cm³/mol. The lowest BCUT2D eigenvalue weighted by Gasteiger charge is -2.33. The summed E-state index contributed by atoms with van der Waals surface area (Å²) in [5.74, 6) is 0. The van der Waals surface area contributed by atoms with Crippen LogP contribution in [0.15, 0.2) is 23.4 Å². The minimum absolute atomic E-state index is 0.0917. The summed E-state index contributed by atoms with van der Waals surface area (Å²) in [5, 5.41) is 4.99. The normalized spacial score (nSPS) is 31.2. The SMILES string of the molecule is CC1(C)CC=C2CC(Cl)CC=C2[N]1. The van der Waals surface area contributed by atoms with Gasteiger partial charge in [-0.3, -0.25) is 5.32 Å². The highest BCUT2D eigenvalue weighted by Gasteiger charge is 2.28. The molecule has 0 amide bonds. The summed E-state index contributed by atoms with van der Waals surface area (Å²) in [5.41, 5.74) is 2.63. The molecule has 1 heterocycles. The van der Waals surface area contributed by atoms with Crippen LogP contribution in [0.1, 0.15) is 33.1 Å². The zero-order valence-electron chi connectivity index (χ0n) is 8.18. The Balaban J connectivity index is 2.23. The maximum absolute atomic E-state index is 6.08. The van der Waals surface area contributed by atoms with Crippen LogP contribution in [0.25, 0.3) is 0 Å². The van der Waals surface area contributed by atoms with Crippen molar-refractivity contribution < 1.29 is 0 Å². The summed E-state index contributed by atoms with van der Waals surface area (Å²) in [6.45, 7) is 4.35. The van der Waals surface area contributed by atoms with Gasteiger partial charge in [-0.1, -0.05) is 12.2 Å².